The molecular weight excluding hydrogens is 476 g/mol. The Morgan fingerprint density at radius 2 is 1.78 bits per heavy atom. The third-order valence-electron chi connectivity index (χ3n) is 6.36. The van der Waals surface area contributed by atoms with E-state index in [9.17, 15) is 19.8 Å². The monoisotopic (exact) mass is 526 g/mol. The van der Waals surface area contributed by atoms with Gasteiger partial charge in [0.15, 0.2) is 0 Å². The van der Waals surface area contributed by atoms with Gasteiger partial charge in [0, 0.05) is 30.1 Å². The molecular formula is C29H50O6S. The molecule has 0 radical (unpaired) electrons. The van der Waals surface area contributed by atoms with Gasteiger partial charge in [0.25, 0.3) is 0 Å². The quantitative estimate of drug-likeness (QED) is 0.104. The minimum Gasteiger partial charge on any atom is -0.466 e. The first-order valence-electron chi connectivity index (χ1n) is 14.1. The normalized spacial score (nSPS) is 19.6. The fourth-order valence-corrected chi connectivity index (χ4v) is 5.48. The topological polar surface area (TPSA) is 93.1 Å². The van der Waals surface area contributed by atoms with E-state index in [1.807, 2.05) is 13.0 Å². The zero-order valence-electron chi connectivity index (χ0n) is 23.0. The number of aliphatic hydroxyl groups excluding tert-OH is 2. The molecule has 0 heterocycles. The maximum atomic E-state index is 12.2. The van der Waals surface area contributed by atoms with Gasteiger partial charge >= 0.3 is 11.9 Å². The molecule has 1 aliphatic rings. The molecule has 0 aliphatic heterocycles. The standard InChI is InChI=1S/C29H50O6S/c1-5-8-14-22(4)20-23(30)16-17-24-25(31)21-26(35-28(33)13-7-3)29(24)36-19-12-10-11-15-27(32)34-18-9-6-2/h16-17,22-25,30-31H,5-15,18-21H2,1-4H3/b17-16+/t22-,23-,24+,25-/m1/s1. The highest BCUT2D eigenvalue weighted by Gasteiger charge is 2.34. The Morgan fingerprint density at radius 3 is 2.47 bits per heavy atom. The minimum absolute atomic E-state index is 0.129. The Balaban J connectivity index is 2.66. The van der Waals surface area contributed by atoms with E-state index in [2.05, 4.69) is 20.8 Å². The summed E-state index contributed by atoms with van der Waals surface area (Å²) in [6.45, 7) is 8.83. The zero-order chi connectivity index (χ0) is 26.8. The van der Waals surface area contributed by atoms with Crippen molar-refractivity contribution in [2.75, 3.05) is 12.4 Å². The van der Waals surface area contributed by atoms with Crippen LogP contribution in [0.4, 0.5) is 0 Å². The molecule has 0 amide bonds. The van der Waals surface area contributed by atoms with Crippen LogP contribution in [0.5, 0.6) is 0 Å². The number of ether oxygens (including phenoxy) is 2. The predicted molar refractivity (Wildman–Crippen MR) is 147 cm³/mol. The van der Waals surface area contributed by atoms with Crippen molar-refractivity contribution in [1.29, 1.82) is 0 Å². The van der Waals surface area contributed by atoms with E-state index in [-0.39, 0.29) is 17.9 Å². The van der Waals surface area contributed by atoms with Gasteiger partial charge in [0.05, 0.1) is 18.8 Å². The number of aliphatic hydroxyl groups is 2. The lowest BCUT2D eigenvalue weighted by Crippen LogP contribution is -2.15. The van der Waals surface area contributed by atoms with Gasteiger partial charge in [-0.05, 0) is 43.8 Å². The van der Waals surface area contributed by atoms with E-state index in [4.69, 9.17) is 9.47 Å². The van der Waals surface area contributed by atoms with Crippen LogP contribution in [0.15, 0.2) is 22.8 Å². The lowest BCUT2D eigenvalue weighted by atomic mass is 9.96. The summed E-state index contributed by atoms with van der Waals surface area (Å²) >= 11 is 1.61. The van der Waals surface area contributed by atoms with Crippen molar-refractivity contribution in [2.24, 2.45) is 11.8 Å². The Bertz CT molecular complexity index is 689. The molecule has 0 fully saturated rings. The lowest BCUT2D eigenvalue weighted by molar-refractivity contribution is -0.144. The minimum atomic E-state index is -0.671. The molecule has 0 bridgehead atoms. The molecule has 1 aliphatic carbocycles. The summed E-state index contributed by atoms with van der Waals surface area (Å²) < 4.78 is 10.8. The molecule has 2 N–H and O–H groups in total. The van der Waals surface area contributed by atoms with Crippen molar-refractivity contribution < 1.29 is 29.3 Å². The van der Waals surface area contributed by atoms with Gasteiger partial charge in [-0.15, -0.1) is 11.8 Å². The van der Waals surface area contributed by atoms with E-state index in [0.29, 0.717) is 50.4 Å². The lowest BCUT2D eigenvalue weighted by Gasteiger charge is -2.17. The number of hydrogen-bond donors (Lipinski definition) is 2. The number of unbranched alkanes of at least 4 members (excludes halogenated alkanes) is 4. The molecule has 0 aromatic heterocycles. The van der Waals surface area contributed by atoms with Crippen molar-refractivity contribution >= 4 is 23.7 Å². The number of thioether (sulfide) groups is 1. The Labute approximate surface area is 223 Å². The summed E-state index contributed by atoms with van der Waals surface area (Å²) in [5.41, 5.74) is 0. The Kier molecular flexibility index (Phi) is 18.0. The molecule has 7 heteroatoms. The largest absolute Gasteiger partial charge is 0.466 e. The van der Waals surface area contributed by atoms with Crippen molar-refractivity contribution in [3.8, 4) is 0 Å². The first-order valence-corrected chi connectivity index (χ1v) is 15.1. The summed E-state index contributed by atoms with van der Waals surface area (Å²) in [5, 5.41) is 21.2. The van der Waals surface area contributed by atoms with E-state index >= 15 is 0 Å². The highest BCUT2D eigenvalue weighted by Crippen LogP contribution is 2.41. The fraction of sp³-hybridized carbons (Fsp3) is 0.793. The fourth-order valence-electron chi connectivity index (χ4n) is 4.20. The van der Waals surface area contributed by atoms with Crippen LogP contribution in [0.1, 0.15) is 111 Å². The number of hydrogen-bond acceptors (Lipinski definition) is 7. The number of carbonyl (C=O) groups is 2. The summed E-state index contributed by atoms with van der Waals surface area (Å²) in [6.07, 6.45) is 12.9. The van der Waals surface area contributed by atoms with E-state index in [1.165, 1.54) is 0 Å². The van der Waals surface area contributed by atoms with Crippen molar-refractivity contribution in [3.05, 3.63) is 22.8 Å². The van der Waals surface area contributed by atoms with Crippen molar-refractivity contribution in [1.82, 2.24) is 0 Å². The van der Waals surface area contributed by atoms with E-state index in [1.54, 1.807) is 17.8 Å². The SMILES string of the molecule is CCCCOC(=O)CCCCCSC1=C(OC(=O)CCC)C[C@@H](O)[C@@H]1/C=C/[C@@H](O)C[C@H](C)CCCC. The molecule has 208 valence electrons. The molecule has 6 nitrogen and oxygen atoms in total. The summed E-state index contributed by atoms with van der Waals surface area (Å²) in [7, 11) is 0. The van der Waals surface area contributed by atoms with Gasteiger partial charge in [-0.1, -0.05) is 72.0 Å². The highest BCUT2D eigenvalue weighted by atomic mass is 32.2. The van der Waals surface area contributed by atoms with Gasteiger partial charge in [-0.2, -0.15) is 0 Å². The van der Waals surface area contributed by atoms with Gasteiger partial charge in [0.1, 0.15) is 5.76 Å². The summed E-state index contributed by atoms with van der Waals surface area (Å²) in [5.74, 6) is 1.13. The predicted octanol–water partition coefficient (Wildman–Crippen LogP) is 6.69. The molecule has 0 aromatic carbocycles. The Hall–Kier alpha value is -1.31. The molecule has 0 spiro atoms. The second-order valence-corrected chi connectivity index (χ2v) is 11.1. The van der Waals surface area contributed by atoms with Crippen LogP contribution in [0.25, 0.3) is 0 Å². The summed E-state index contributed by atoms with van der Waals surface area (Å²) in [4.78, 5) is 24.8. The Morgan fingerprint density at radius 1 is 1.03 bits per heavy atom. The zero-order valence-corrected chi connectivity index (χ0v) is 23.8. The third kappa shape index (κ3) is 13.8. The van der Waals surface area contributed by atoms with Crippen LogP contribution in [0.3, 0.4) is 0 Å². The van der Waals surface area contributed by atoms with Crippen molar-refractivity contribution in [2.45, 2.75) is 123 Å². The first-order chi connectivity index (χ1) is 17.3. The second kappa shape index (κ2) is 19.8. The molecule has 0 saturated heterocycles. The molecule has 0 unspecified atom stereocenters. The van der Waals surface area contributed by atoms with Crippen molar-refractivity contribution in [3.63, 3.8) is 0 Å². The number of rotatable bonds is 20. The van der Waals surface area contributed by atoms with Crippen LogP contribution in [-0.2, 0) is 19.1 Å². The maximum absolute atomic E-state index is 12.2. The van der Waals surface area contributed by atoms with Crippen LogP contribution in [0, 0.1) is 11.8 Å². The molecule has 36 heavy (non-hydrogen) atoms. The first kappa shape index (κ1) is 32.7. The molecule has 0 aromatic rings. The van der Waals surface area contributed by atoms with E-state index in [0.717, 1.165) is 62.0 Å². The van der Waals surface area contributed by atoms with E-state index < -0.39 is 12.2 Å². The second-order valence-electron chi connectivity index (χ2n) is 9.98. The third-order valence-corrected chi connectivity index (χ3v) is 7.66. The molecule has 1 rings (SSSR count). The van der Waals surface area contributed by atoms with Crippen LogP contribution >= 0.6 is 11.8 Å². The van der Waals surface area contributed by atoms with Crippen LogP contribution in [-0.4, -0.2) is 46.7 Å². The van der Waals surface area contributed by atoms with Gasteiger partial charge in [-0.3, -0.25) is 9.59 Å². The number of esters is 2. The molecule has 0 saturated carbocycles. The smallest absolute Gasteiger partial charge is 0.310 e. The van der Waals surface area contributed by atoms with Gasteiger partial charge in [0.2, 0.25) is 0 Å². The molecule has 4 atom stereocenters. The van der Waals surface area contributed by atoms with Gasteiger partial charge in [-0.25, -0.2) is 0 Å². The summed E-state index contributed by atoms with van der Waals surface area (Å²) in [6, 6.07) is 0. The van der Waals surface area contributed by atoms with Crippen LogP contribution < -0.4 is 0 Å². The average Bonchev–Trinajstić information content (AvgIpc) is 3.12. The number of carbonyl (C=O) groups excluding carboxylic acids is 2. The maximum Gasteiger partial charge on any atom is 0.310 e. The average molecular weight is 527 g/mol. The van der Waals surface area contributed by atoms with Gasteiger partial charge < -0.3 is 19.7 Å². The van der Waals surface area contributed by atoms with Crippen LogP contribution in [0.2, 0.25) is 0 Å². The highest BCUT2D eigenvalue weighted by molar-refractivity contribution is 8.03.